The molecule has 3 nitrogen and oxygen atoms in total. The third kappa shape index (κ3) is 3.07. The first kappa shape index (κ1) is 14.1. The van der Waals surface area contributed by atoms with Gasteiger partial charge in [0.25, 0.3) is 0 Å². The van der Waals surface area contributed by atoms with E-state index in [1.54, 1.807) is 0 Å². The highest BCUT2D eigenvalue weighted by Gasteiger charge is 2.36. The van der Waals surface area contributed by atoms with Crippen molar-refractivity contribution in [2.24, 2.45) is 5.92 Å². The van der Waals surface area contributed by atoms with Gasteiger partial charge in [0, 0.05) is 44.0 Å². The zero-order chi connectivity index (χ0) is 13.9. The molecular formula is C16H21BrN2O. The van der Waals surface area contributed by atoms with Crippen molar-refractivity contribution in [3.63, 3.8) is 0 Å². The summed E-state index contributed by atoms with van der Waals surface area (Å²) in [6.45, 7) is 4.06. The van der Waals surface area contributed by atoms with Gasteiger partial charge in [-0.05, 0) is 17.9 Å². The van der Waals surface area contributed by atoms with E-state index >= 15 is 0 Å². The molecule has 2 aliphatic rings. The minimum Gasteiger partial charge on any atom is -0.338 e. The first-order valence-corrected chi connectivity index (χ1v) is 8.50. The van der Waals surface area contributed by atoms with Crippen LogP contribution < -0.4 is 0 Å². The van der Waals surface area contributed by atoms with Crippen LogP contribution in [0, 0.1) is 5.92 Å². The Morgan fingerprint density at radius 3 is 2.70 bits per heavy atom. The van der Waals surface area contributed by atoms with Crippen molar-refractivity contribution in [2.75, 3.05) is 25.0 Å². The van der Waals surface area contributed by atoms with E-state index in [4.69, 9.17) is 0 Å². The predicted octanol–water partition coefficient (Wildman–Crippen LogP) is 2.50. The van der Waals surface area contributed by atoms with E-state index < -0.39 is 0 Å². The standard InChI is InChI=1S/C16H21BrN2O/c17-9-14-8-16(20)19(11-14)15-6-7-18(12-15)10-13-4-2-1-3-5-13/h1-5,14-15H,6-12H2. The third-order valence-corrected chi connectivity index (χ3v) is 5.31. The van der Waals surface area contributed by atoms with Gasteiger partial charge in [-0.1, -0.05) is 46.3 Å². The average molecular weight is 337 g/mol. The Morgan fingerprint density at radius 1 is 1.20 bits per heavy atom. The molecule has 3 rings (SSSR count). The van der Waals surface area contributed by atoms with Crippen LogP contribution in [-0.2, 0) is 11.3 Å². The molecule has 20 heavy (non-hydrogen) atoms. The maximum absolute atomic E-state index is 12.1. The van der Waals surface area contributed by atoms with Gasteiger partial charge in [-0.2, -0.15) is 0 Å². The predicted molar refractivity (Wildman–Crippen MR) is 83.7 cm³/mol. The van der Waals surface area contributed by atoms with Crippen LogP contribution in [0.5, 0.6) is 0 Å². The van der Waals surface area contributed by atoms with E-state index in [0.717, 1.165) is 44.4 Å². The highest BCUT2D eigenvalue weighted by molar-refractivity contribution is 9.09. The number of likely N-dealkylation sites (tertiary alicyclic amines) is 2. The lowest BCUT2D eigenvalue weighted by Crippen LogP contribution is -2.38. The van der Waals surface area contributed by atoms with Gasteiger partial charge in [0.2, 0.25) is 5.91 Å². The number of carbonyl (C=O) groups excluding carboxylic acids is 1. The van der Waals surface area contributed by atoms with Gasteiger partial charge in [0.1, 0.15) is 0 Å². The van der Waals surface area contributed by atoms with E-state index in [2.05, 4.69) is 56.1 Å². The third-order valence-electron chi connectivity index (χ3n) is 4.39. The monoisotopic (exact) mass is 336 g/mol. The minimum atomic E-state index is 0.348. The Labute approximate surface area is 129 Å². The second kappa shape index (κ2) is 6.27. The molecule has 2 aliphatic heterocycles. The lowest BCUT2D eigenvalue weighted by Gasteiger charge is -2.25. The Hall–Kier alpha value is -0.870. The highest BCUT2D eigenvalue weighted by Crippen LogP contribution is 2.26. The first-order chi connectivity index (χ1) is 9.76. The molecule has 2 fully saturated rings. The van der Waals surface area contributed by atoms with Crippen molar-refractivity contribution in [3.05, 3.63) is 35.9 Å². The molecule has 0 radical (unpaired) electrons. The number of alkyl halides is 1. The molecule has 2 unspecified atom stereocenters. The summed E-state index contributed by atoms with van der Waals surface area (Å²) in [6.07, 6.45) is 1.84. The molecule has 2 saturated heterocycles. The molecular weight excluding hydrogens is 316 g/mol. The van der Waals surface area contributed by atoms with Crippen molar-refractivity contribution >= 4 is 21.8 Å². The Kier molecular flexibility index (Phi) is 4.41. The number of hydrogen-bond acceptors (Lipinski definition) is 2. The number of benzene rings is 1. The van der Waals surface area contributed by atoms with Crippen LogP contribution in [0.15, 0.2) is 30.3 Å². The molecule has 0 N–H and O–H groups in total. The van der Waals surface area contributed by atoms with Gasteiger partial charge in [-0.25, -0.2) is 0 Å². The summed E-state index contributed by atoms with van der Waals surface area (Å²) in [4.78, 5) is 16.7. The maximum Gasteiger partial charge on any atom is 0.223 e. The quantitative estimate of drug-likeness (QED) is 0.789. The zero-order valence-corrected chi connectivity index (χ0v) is 13.3. The molecule has 2 heterocycles. The van der Waals surface area contributed by atoms with E-state index in [1.807, 2.05) is 0 Å². The molecule has 4 heteroatoms. The van der Waals surface area contributed by atoms with Crippen molar-refractivity contribution < 1.29 is 4.79 Å². The van der Waals surface area contributed by atoms with E-state index in [-0.39, 0.29) is 0 Å². The van der Waals surface area contributed by atoms with Gasteiger partial charge in [-0.3, -0.25) is 9.69 Å². The van der Waals surface area contributed by atoms with Gasteiger partial charge >= 0.3 is 0 Å². The van der Waals surface area contributed by atoms with Crippen LogP contribution in [0.1, 0.15) is 18.4 Å². The Balaban J connectivity index is 1.56. The van der Waals surface area contributed by atoms with Crippen molar-refractivity contribution in [3.8, 4) is 0 Å². The van der Waals surface area contributed by atoms with Crippen LogP contribution in [-0.4, -0.2) is 46.7 Å². The summed E-state index contributed by atoms with van der Waals surface area (Å²) in [5.41, 5.74) is 1.36. The number of hydrogen-bond donors (Lipinski definition) is 0. The van der Waals surface area contributed by atoms with Crippen LogP contribution in [0.2, 0.25) is 0 Å². The second-order valence-electron chi connectivity index (χ2n) is 5.93. The molecule has 0 bridgehead atoms. The lowest BCUT2D eigenvalue weighted by molar-refractivity contribution is -0.129. The molecule has 0 aliphatic carbocycles. The Bertz CT molecular complexity index is 465. The smallest absolute Gasteiger partial charge is 0.223 e. The second-order valence-corrected chi connectivity index (χ2v) is 6.58. The zero-order valence-electron chi connectivity index (χ0n) is 11.7. The van der Waals surface area contributed by atoms with Crippen LogP contribution in [0.25, 0.3) is 0 Å². The van der Waals surface area contributed by atoms with Crippen LogP contribution in [0.3, 0.4) is 0 Å². The van der Waals surface area contributed by atoms with Crippen molar-refractivity contribution in [1.29, 1.82) is 0 Å². The van der Waals surface area contributed by atoms with Gasteiger partial charge in [0.05, 0.1) is 0 Å². The van der Waals surface area contributed by atoms with Gasteiger partial charge in [0.15, 0.2) is 0 Å². The molecule has 1 amide bonds. The van der Waals surface area contributed by atoms with Crippen molar-refractivity contribution in [1.82, 2.24) is 9.80 Å². The molecule has 108 valence electrons. The van der Waals surface area contributed by atoms with E-state index in [0.29, 0.717) is 17.9 Å². The molecule has 0 spiro atoms. The van der Waals surface area contributed by atoms with Crippen LogP contribution >= 0.6 is 15.9 Å². The average Bonchev–Trinajstić information content (AvgIpc) is 3.06. The topological polar surface area (TPSA) is 23.6 Å². The maximum atomic E-state index is 12.1. The normalized spacial score (nSPS) is 27.4. The number of nitrogens with zero attached hydrogens (tertiary/aromatic N) is 2. The summed E-state index contributed by atoms with van der Waals surface area (Å²) in [5, 5.41) is 0.940. The molecule has 1 aromatic rings. The lowest BCUT2D eigenvalue weighted by atomic mass is 10.1. The van der Waals surface area contributed by atoms with Crippen molar-refractivity contribution in [2.45, 2.75) is 25.4 Å². The summed E-state index contributed by atoms with van der Waals surface area (Å²) in [6, 6.07) is 11.0. The fraction of sp³-hybridized carbons (Fsp3) is 0.562. The molecule has 1 aromatic carbocycles. The van der Waals surface area contributed by atoms with Gasteiger partial charge < -0.3 is 4.90 Å². The minimum absolute atomic E-state index is 0.348. The number of rotatable bonds is 4. The van der Waals surface area contributed by atoms with E-state index in [9.17, 15) is 4.79 Å². The fourth-order valence-electron chi connectivity index (χ4n) is 3.32. The molecule has 2 atom stereocenters. The van der Waals surface area contributed by atoms with Crippen LogP contribution in [0.4, 0.5) is 0 Å². The largest absolute Gasteiger partial charge is 0.338 e. The van der Waals surface area contributed by atoms with E-state index in [1.165, 1.54) is 5.56 Å². The summed E-state index contributed by atoms with van der Waals surface area (Å²) >= 11 is 3.51. The number of halogens is 1. The fourth-order valence-corrected chi connectivity index (χ4v) is 3.75. The Morgan fingerprint density at radius 2 is 2.00 bits per heavy atom. The van der Waals surface area contributed by atoms with Gasteiger partial charge in [-0.15, -0.1) is 0 Å². The summed E-state index contributed by atoms with van der Waals surface area (Å²) in [5.74, 6) is 0.853. The molecule has 0 aromatic heterocycles. The summed E-state index contributed by atoms with van der Waals surface area (Å²) in [7, 11) is 0. The number of amides is 1. The number of carbonyl (C=O) groups is 1. The first-order valence-electron chi connectivity index (χ1n) is 7.38. The SMILES string of the molecule is O=C1CC(CBr)CN1C1CCN(Cc2ccccc2)C1. The molecule has 0 saturated carbocycles. The highest BCUT2D eigenvalue weighted by atomic mass is 79.9. The summed E-state index contributed by atoms with van der Waals surface area (Å²) < 4.78 is 0.